The molecular weight excluding hydrogens is 256 g/mol. The van der Waals surface area contributed by atoms with Crippen LogP contribution in [0.15, 0.2) is 30.3 Å². The van der Waals surface area contributed by atoms with Crippen molar-refractivity contribution >= 4 is 11.9 Å². The summed E-state index contributed by atoms with van der Waals surface area (Å²) in [5, 5.41) is 15.0. The second kappa shape index (κ2) is 8.32. The Balaban J connectivity index is 2.56. The highest BCUT2D eigenvalue weighted by molar-refractivity contribution is 5.81. The van der Waals surface area contributed by atoms with E-state index in [-0.39, 0.29) is 12.5 Å². The highest BCUT2D eigenvalue weighted by atomic mass is 16.4. The first kappa shape index (κ1) is 16.2. The molecule has 0 spiro atoms. The highest BCUT2D eigenvalue weighted by Gasteiger charge is 2.21. The summed E-state index contributed by atoms with van der Waals surface area (Å²) in [7, 11) is 0. The van der Waals surface area contributed by atoms with Gasteiger partial charge in [0.15, 0.2) is 0 Å². The van der Waals surface area contributed by atoms with Gasteiger partial charge in [0.25, 0.3) is 0 Å². The van der Waals surface area contributed by atoms with Gasteiger partial charge in [-0.2, -0.15) is 0 Å². The summed E-state index contributed by atoms with van der Waals surface area (Å²) in [5.41, 5.74) is 0.730. The molecule has 2 unspecified atom stereocenters. The lowest BCUT2D eigenvalue weighted by Crippen LogP contribution is -2.44. The van der Waals surface area contributed by atoms with E-state index in [9.17, 15) is 14.7 Å². The van der Waals surface area contributed by atoms with E-state index in [1.165, 1.54) is 0 Å². The van der Waals surface area contributed by atoms with Gasteiger partial charge in [-0.05, 0) is 18.9 Å². The number of carbonyl (C=O) groups is 2. The summed E-state index contributed by atoms with van der Waals surface area (Å²) in [6.07, 6.45) is 0.875. The fourth-order valence-electron chi connectivity index (χ4n) is 1.82. The summed E-state index contributed by atoms with van der Waals surface area (Å²) in [5.74, 6) is -1.66. The molecular formula is C15H22N2O3. The van der Waals surface area contributed by atoms with Crippen LogP contribution < -0.4 is 10.6 Å². The van der Waals surface area contributed by atoms with Gasteiger partial charge in [0.05, 0.1) is 12.0 Å². The normalized spacial score (nSPS) is 13.5. The molecule has 20 heavy (non-hydrogen) atoms. The van der Waals surface area contributed by atoms with Crippen molar-refractivity contribution in [3.05, 3.63) is 35.9 Å². The van der Waals surface area contributed by atoms with Gasteiger partial charge in [0.1, 0.15) is 0 Å². The third kappa shape index (κ3) is 5.01. The molecule has 110 valence electrons. The van der Waals surface area contributed by atoms with Crippen molar-refractivity contribution in [2.24, 2.45) is 0 Å². The Bertz CT molecular complexity index is 434. The zero-order valence-corrected chi connectivity index (χ0v) is 11.9. The molecule has 0 bridgehead atoms. The number of rotatable bonds is 8. The average Bonchev–Trinajstić information content (AvgIpc) is 2.45. The van der Waals surface area contributed by atoms with Crippen molar-refractivity contribution in [1.82, 2.24) is 10.6 Å². The third-order valence-corrected chi connectivity index (χ3v) is 3.07. The van der Waals surface area contributed by atoms with Crippen LogP contribution in [0.2, 0.25) is 0 Å². The molecule has 0 fully saturated rings. The van der Waals surface area contributed by atoms with E-state index < -0.39 is 17.9 Å². The van der Waals surface area contributed by atoms with Gasteiger partial charge in [0.2, 0.25) is 5.91 Å². The van der Waals surface area contributed by atoms with Gasteiger partial charge in [0, 0.05) is 13.1 Å². The molecule has 1 aromatic rings. The van der Waals surface area contributed by atoms with Crippen LogP contribution in [-0.4, -0.2) is 36.1 Å². The van der Waals surface area contributed by atoms with Crippen LogP contribution in [0.4, 0.5) is 0 Å². The predicted molar refractivity (Wildman–Crippen MR) is 77.6 cm³/mol. The van der Waals surface area contributed by atoms with E-state index in [1.54, 1.807) is 19.1 Å². The molecule has 0 saturated carbocycles. The first-order valence-electron chi connectivity index (χ1n) is 6.85. The first-order chi connectivity index (χ1) is 9.56. The van der Waals surface area contributed by atoms with Gasteiger partial charge in [-0.25, -0.2) is 0 Å². The summed E-state index contributed by atoms with van der Waals surface area (Å²) < 4.78 is 0. The third-order valence-electron chi connectivity index (χ3n) is 3.07. The molecule has 1 amide bonds. The number of hydrogen-bond acceptors (Lipinski definition) is 3. The number of aliphatic carboxylic acids is 1. The van der Waals surface area contributed by atoms with Crippen LogP contribution >= 0.6 is 0 Å². The number of carboxylic acids is 1. The molecule has 1 rings (SSSR count). The molecule has 0 aromatic heterocycles. The van der Waals surface area contributed by atoms with Gasteiger partial charge in [-0.15, -0.1) is 0 Å². The molecule has 2 atom stereocenters. The highest BCUT2D eigenvalue weighted by Crippen LogP contribution is 2.14. The lowest BCUT2D eigenvalue weighted by Gasteiger charge is -2.18. The average molecular weight is 278 g/mol. The Hall–Kier alpha value is -1.88. The molecule has 0 aliphatic heterocycles. The quantitative estimate of drug-likeness (QED) is 0.671. The second-order valence-electron chi connectivity index (χ2n) is 4.72. The molecule has 1 aromatic carbocycles. The SMILES string of the molecule is CCCNC(=O)C(C)NCC(C(=O)O)c1ccccc1. The molecule has 5 nitrogen and oxygen atoms in total. The molecule has 0 heterocycles. The molecule has 5 heteroatoms. The van der Waals surface area contributed by atoms with Gasteiger partial charge < -0.3 is 15.7 Å². The zero-order valence-electron chi connectivity index (χ0n) is 11.9. The number of nitrogens with one attached hydrogen (secondary N) is 2. The first-order valence-corrected chi connectivity index (χ1v) is 6.85. The van der Waals surface area contributed by atoms with Crippen LogP contribution in [0.3, 0.4) is 0 Å². The van der Waals surface area contributed by atoms with E-state index in [0.29, 0.717) is 6.54 Å². The second-order valence-corrected chi connectivity index (χ2v) is 4.72. The number of hydrogen-bond donors (Lipinski definition) is 3. The lowest BCUT2D eigenvalue weighted by atomic mass is 9.99. The molecule has 0 aliphatic carbocycles. The summed E-state index contributed by atoms with van der Waals surface area (Å²) >= 11 is 0. The number of carboxylic acid groups (broad SMARTS) is 1. The van der Waals surface area contributed by atoms with E-state index in [1.807, 2.05) is 25.1 Å². The van der Waals surface area contributed by atoms with Crippen LogP contribution in [0.5, 0.6) is 0 Å². The van der Waals surface area contributed by atoms with Crippen molar-refractivity contribution in [1.29, 1.82) is 0 Å². The predicted octanol–water partition coefficient (Wildman–Crippen LogP) is 1.36. The maximum Gasteiger partial charge on any atom is 0.312 e. The van der Waals surface area contributed by atoms with Crippen molar-refractivity contribution in [3.63, 3.8) is 0 Å². The molecule has 0 saturated heterocycles. The summed E-state index contributed by atoms with van der Waals surface area (Å²) in [4.78, 5) is 23.0. The van der Waals surface area contributed by atoms with E-state index in [2.05, 4.69) is 10.6 Å². The van der Waals surface area contributed by atoms with E-state index in [0.717, 1.165) is 12.0 Å². The number of carbonyl (C=O) groups excluding carboxylic acids is 1. The maximum absolute atomic E-state index is 11.7. The van der Waals surface area contributed by atoms with Crippen molar-refractivity contribution in [2.45, 2.75) is 32.2 Å². The van der Waals surface area contributed by atoms with Crippen molar-refractivity contribution < 1.29 is 14.7 Å². The monoisotopic (exact) mass is 278 g/mol. The maximum atomic E-state index is 11.7. The lowest BCUT2D eigenvalue weighted by molar-refractivity contribution is -0.139. The Kier molecular flexibility index (Phi) is 6.73. The number of benzene rings is 1. The zero-order chi connectivity index (χ0) is 15.0. The Morgan fingerprint density at radius 2 is 1.90 bits per heavy atom. The van der Waals surface area contributed by atoms with E-state index in [4.69, 9.17) is 0 Å². The summed E-state index contributed by atoms with van der Waals surface area (Å²) in [6, 6.07) is 8.61. The standard InChI is InChI=1S/C15H22N2O3/c1-3-9-16-14(18)11(2)17-10-13(15(19)20)12-7-5-4-6-8-12/h4-8,11,13,17H,3,9-10H2,1-2H3,(H,16,18)(H,19,20). The van der Waals surface area contributed by atoms with Crippen molar-refractivity contribution in [2.75, 3.05) is 13.1 Å². The minimum absolute atomic E-state index is 0.107. The van der Waals surface area contributed by atoms with Crippen LogP contribution in [0.25, 0.3) is 0 Å². The summed E-state index contributed by atoms with van der Waals surface area (Å²) in [6.45, 7) is 4.56. The van der Waals surface area contributed by atoms with Crippen LogP contribution in [-0.2, 0) is 9.59 Å². The van der Waals surface area contributed by atoms with E-state index >= 15 is 0 Å². The topological polar surface area (TPSA) is 78.4 Å². The minimum atomic E-state index is -0.898. The smallest absolute Gasteiger partial charge is 0.312 e. The van der Waals surface area contributed by atoms with Crippen molar-refractivity contribution in [3.8, 4) is 0 Å². The largest absolute Gasteiger partial charge is 0.481 e. The van der Waals surface area contributed by atoms with Gasteiger partial charge in [-0.1, -0.05) is 37.3 Å². The Morgan fingerprint density at radius 3 is 2.45 bits per heavy atom. The van der Waals surface area contributed by atoms with Crippen LogP contribution in [0.1, 0.15) is 31.7 Å². The minimum Gasteiger partial charge on any atom is -0.481 e. The number of amides is 1. The van der Waals surface area contributed by atoms with Gasteiger partial charge in [-0.3, -0.25) is 9.59 Å². The molecule has 3 N–H and O–H groups in total. The van der Waals surface area contributed by atoms with Crippen LogP contribution in [0, 0.1) is 0 Å². The molecule has 0 radical (unpaired) electrons. The fourth-order valence-corrected chi connectivity index (χ4v) is 1.82. The Morgan fingerprint density at radius 1 is 1.25 bits per heavy atom. The van der Waals surface area contributed by atoms with Gasteiger partial charge >= 0.3 is 5.97 Å². The fraction of sp³-hybridized carbons (Fsp3) is 0.467. The Labute approximate surface area is 119 Å². The molecule has 0 aliphatic rings.